The molecule has 4 aromatic rings. The molecule has 178 valence electrons. The number of aromatic amines is 1. The first kappa shape index (κ1) is 22.5. The second kappa shape index (κ2) is 8.51. The molecule has 5 rings (SSSR count). The van der Waals surface area contributed by atoms with Gasteiger partial charge in [-0.3, -0.25) is 9.89 Å². The Labute approximate surface area is 203 Å². The molecule has 3 N–H and O–H groups in total. The average molecular weight is 470 g/mol. The lowest BCUT2D eigenvalue weighted by atomic mass is 9.93. The van der Waals surface area contributed by atoms with Gasteiger partial charge in [0.1, 0.15) is 17.1 Å². The van der Waals surface area contributed by atoms with Crippen LogP contribution in [0.1, 0.15) is 49.9 Å². The number of rotatable bonds is 5. The third-order valence-electron chi connectivity index (χ3n) is 6.55. The monoisotopic (exact) mass is 469 g/mol. The van der Waals surface area contributed by atoms with Gasteiger partial charge in [-0.1, -0.05) is 42.0 Å². The molecule has 0 saturated heterocycles. The van der Waals surface area contributed by atoms with E-state index in [1.807, 2.05) is 51.1 Å². The van der Waals surface area contributed by atoms with Gasteiger partial charge in [0.2, 0.25) is 0 Å². The fourth-order valence-corrected chi connectivity index (χ4v) is 4.90. The molecule has 35 heavy (non-hydrogen) atoms. The number of hydrogen-bond donors (Lipinski definition) is 3. The van der Waals surface area contributed by atoms with E-state index in [1.165, 1.54) is 7.11 Å². The van der Waals surface area contributed by atoms with E-state index in [1.54, 1.807) is 29.2 Å². The number of H-pyrrole nitrogens is 1. The minimum absolute atomic E-state index is 0.0188. The van der Waals surface area contributed by atoms with E-state index in [4.69, 9.17) is 4.74 Å². The van der Waals surface area contributed by atoms with Crippen molar-refractivity contribution in [2.45, 2.75) is 33.4 Å². The molecule has 1 aromatic heterocycles. The summed E-state index contributed by atoms with van der Waals surface area (Å²) in [6.07, 6.45) is 0. The molecule has 1 atom stereocenters. The molecule has 1 aliphatic rings. The molecule has 1 unspecified atom stereocenters. The molecule has 0 aliphatic carbocycles. The zero-order valence-corrected chi connectivity index (χ0v) is 20.1. The average Bonchev–Trinajstić information content (AvgIpc) is 3.34. The van der Waals surface area contributed by atoms with E-state index in [0.717, 1.165) is 27.8 Å². The molecule has 0 bridgehead atoms. The van der Waals surface area contributed by atoms with Gasteiger partial charge in [-0.15, -0.1) is 0 Å². The van der Waals surface area contributed by atoms with E-state index < -0.39 is 6.04 Å². The normalized spacial score (nSPS) is 14.9. The first-order valence-corrected chi connectivity index (χ1v) is 11.4. The second-order valence-electron chi connectivity index (χ2n) is 9.09. The summed E-state index contributed by atoms with van der Waals surface area (Å²) in [6.45, 7) is 6.25. The number of phenols is 2. The molecular weight excluding hydrogens is 442 g/mol. The van der Waals surface area contributed by atoms with Gasteiger partial charge in [0, 0.05) is 17.7 Å². The minimum Gasteiger partial charge on any atom is -0.507 e. The third kappa shape index (κ3) is 3.79. The number of ether oxygens (including phenoxy) is 1. The summed E-state index contributed by atoms with van der Waals surface area (Å²) in [7, 11) is 1.49. The van der Waals surface area contributed by atoms with Crippen LogP contribution in [0.5, 0.6) is 17.2 Å². The highest BCUT2D eigenvalue weighted by Gasteiger charge is 2.43. The molecule has 7 nitrogen and oxygen atoms in total. The predicted molar refractivity (Wildman–Crippen MR) is 133 cm³/mol. The van der Waals surface area contributed by atoms with Crippen molar-refractivity contribution in [1.29, 1.82) is 0 Å². The molecule has 0 radical (unpaired) electrons. The van der Waals surface area contributed by atoms with Gasteiger partial charge in [0.15, 0.2) is 11.5 Å². The van der Waals surface area contributed by atoms with Gasteiger partial charge in [0.25, 0.3) is 5.91 Å². The van der Waals surface area contributed by atoms with E-state index in [9.17, 15) is 15.0 Å². The first-order chi connectivity index (χ1) is 16.8. The largest absolute Gasteiger partial charge is 0.507 e. The molecule has 0 saturated carbocycles. The van der Waals surface area contributed by atoms with Crippen LogP contribution in [0, 0.1) is 20.8 Å². The predicted octanol–water partition coefficient (Wildman–Crippen LogP) is 5.17. The van der Waals surface area contributed by atoms with Gasteiger partial charge in [-0.25, -0.2) is 0 Å². The number of hydrogen-bond acceptors (Lipinski definition) is 5. The Morgan fingerprint density at radius 2 is 1.71 bits per heavy atom. The smallest absolute Gasteiger partial charge is 0.273 e. The van der Waals surface area contributed by atoms with Crippen molar-refractivity contribution in [2.75, 3.05) is 7.11 Å². The number of nitrogens with zero attached hydrogens (tertiary/aromatic N) is 2. The van der Waals surface area contributed by atoms with Crippen molar-refractivity contribution in [3.05, 3.63) is 93.7 Å². The Kier molecular flexibility index (Phi) is 5.47. The number of methoxy groups -OCH3 is 1. The first-order valence-electron chi connectivity index (χ1n) is 11.4. The number of nitrogens with one attached hydrogen (secondary N) is 1. The van der Waals surface area contributed by atoms with Crippen LogP contribution in [-0.2, 0) is 6.54 Å². The number of aromatic hydroxyl groups is 2. The van der Waals surface area contributed by atoms with Crippen LogP contribution in [0.4, 0.5) is 0 Å². The fraction of sp³-hybridized carbons (Fsp3) is 0.214. The Hall–Kier alpha value is -4.26. The number of aryl methyl sites for hydroxylation is 3. The Balaban J connectivity index is 1.70. The number of aromatic nitrogens is 2. The summed E-state index contributed by atoms with van der Waals surface area (Å²) >= 11 is 0. The summed E-state index contributed by atoms with van der Waals surface area (Å²) in [5.74, 6) is 0.271. The SMILES string of the molecule is COc1cc(C2c3c(-c4c(C)cc(C)cc4O)n[nH]c3C(=O)N2Cc2ccc(C)cc2)ccc1O. The van der Waals surface area contributed by atoms with Crippen LogP contribution >= 0.6 is 0 Å². The second-order valence-corrected chi connectivity index (χ2v) is 9.09. The van der Waals surface area contributed by atoms with Crippen LogP contribution in [0.2, 0.25) is 0 Å². The molecule has 1 amide bonds. The molecule has 0 spiro atoms. The lowest BCUT2D eigenvalue weighted by Gasteiger charge is -2.27. The Morgan fingerprint density at radius 3 is 2.40 bits per heavy atom. The number of amides is 1. The topological polar surface area (TPSA) is 98.7 Å². The number of carbonyl (C=O) groups is 1. The minimum atomic E-state index is -0.498. The van der Waals surface area contributed by atoms with E-state index in [2.05, 4.69) is 10.2 Å². The highest BCUT2D eigenvalue weighted by atomic mass is 16.5. The lowest BCUT2D eigenvalue weighted by molar-refractivity contribution is 0.0730. The molecule has 3 aromatic carbocycles. The summed E-state index contributed by atoms with van der Waals surface area (Å²) in [4.78, 5) is 15.4. The van der Waals surface area contributed by atoms with Crippen LogP contribution in [0.25, 0.3) is 11.3 Å². The van der Waals surface area contributed by atoms with Crippen LogP contribution in [0.3, 0.4) is 0 Å². The van der Waals surface area contributed by atoms with Crippen molar-refractivity contribution in [3.8, 4) is 28.5 Å². The number of carbonyl (C=O) groups excluding carboxylic acids is 1. The quantitative estimate of drug-likeness (QED) is 0.375. The van der Waals surface area contributed by atoms with Crippen molar-refractivity contribution in [1.82, 2.24) is 15.1 Å². The third-order valence-corrected chi connectivity index (χ3v) is 6.55. The number of phenolic OH excluding ortho intramolecular Hbond substituents is 2. The van der Waals surface area contributed by atoms with Gasteiger partial charge < -0.3 is 19.8 Å². The zero-order valence-electron chi connectivity index (χ0n) is 20.1. The number of benzene rings is 3. The standard InChI is InChI=1S/C28H27N3O4/c1-15-5-7-18(8-6-15)14-31-27(19-9-10-20(32)22(13-19)35-4)24-25(29-30-26(24)28(31)34)23-17(3)11-16(2)12-21(23)33/h5-13,27,32-33H,14H2,1-4H3,(H,29,30). The Bertz CT molecular complexity index is 1420. The molecular formula is C28H27N3O4. The Morgan fingerprint density at radius 1 is 0.971 bits per heavy atom. The molecule has 1 aliphatic heterocycles. The fourth-order valence-electron chi connectivity index (χ4n) is 4.90. The molecule has 0 fully saturated rings. The maximum atomic E-state index is 13.7. The van der Waals surface area contributed by atoms with Crippen molar-refractivity contribution in [2.24, 2.45) is 0 Å². The van der Waals surface area contributed by atoms with E-state index >= 15 is 0 Å². The summed E-state index contributed by atoms with van der Waals surface area (Å²) in [6, 6.07) is 16.3. The lowest BCUT2D eigenvalue weighted by Crippen LogP contribution is -2.29. The maximum Gasteiger partial charge on any atom is 0.273 e. The van der Waals surface area contributed by atoms with E-state index in [-0.39, 0.29) is 17.4 Å². The van der Waals surface area contributed by atoms with Gasteiger partial charge in [-0.2, -0.15) is 5.10 Å². The van der Waals surface area contributed by atoms with Crippen molar-refractivity contribution in [3.63, 3.8) is 0 Å². The summed E-state index contributed by atoms with van der Waals surface area (Å²) < 4.78 is 5.36. The summed E-state index contributed by atoms with van der Waals surface area (Å²) in [5, 5.41) is 28.4. The van der Waals surface area contributed by atoms with Crippen molar-refractivity contribution < 1.29 is 19.7 Å². The zero-order chi connectivity index (χ0) is 24.9. The maximum absolute atomic E-state index is 13.7. The highest BCUT2D eigenvalue weighted by Crippen LogP contribution is 2.47. The molecule has 2 heterocycles. The van der Waals surface area contributed by atoms with Crippen LogP contribution in [0.15, 0.2) is 54.6 Å². The van der Waals surface area contributed by atoms with Gasteiger partial charge in [-0.05, 0) is 61.2 Å². The molecule has 7 heteroatoms. The van der Waals surface area contributed by atoms with E-state index in [0.29, 0.717) is 34.8 Å². The number of fused-ring (bicyclic) bond motifs is 1. The van der Waals surface area contributed by atoms with Gasteiger partial charge >= 0.3 is 0 Å². The van der Waals surface area contributed by atoms with Crippen LogP contribution < -0.4 is 4.74 Å². The van der Waals surface area contributed by atoms with Gasteiger partial charge in [0.05, 0.1) is 13.2 Å². The van der Waals surface area contributed by atoms with Crippen molar-refractivity contribution >= 4 is 5.91 Å². The van der Waals surface area contributed by atoms with Crippen LogP contribution in [-0.4, -0.2) is 38.3 Å². The highest BCUT2D eigenvalue weighted by molar-refractivity contribution is 6.00. The summed E-state index contributed by atoms with van der Waals surface area (Å²) in [5.41, 5.74) is 6.92.